The summed E-state index contributed by atoms with van der Waals surface area (Å²) >= 11 is 0. The van der Waals surface area contributed by atoms with Crippen LogP contribution in [0.25, 0.3) is 0 Å². The van der Waals surface area contributed by atoms with Gasteiger partial charge in [0.2, 0.25) is 11.8 Å². The third-order valence-corrected chi connectivity index (χ3v) is 3.74. The van der Waals surface area contributed by atoms with Crippen molar-refractivity contribution < 1.29 is 19.5 Å². The average molecular weight is 334 g/mol. The molecule has 0 fully saturated rings. The molecule has 1 rings (SSSR count). The minimum atomic E-state index is -0.917. The van der Waals surface area contributed by atoms with Crippen LogP contribution in [0.4, 0.5) is 0 Å². The quantitative estimate of drug-likeness (QED) is 0.606. The standard InChI is InChI=1S/C18H26N2O4/c1-3-4-15(18(23)24)11-19-17(22)12-20-16(21)10-9-14-7-5-13(2)6-8-14/h5-8,15H,3-4,9-12H2,1-2H3,(H,19,22)(H,20,21)(H,23,24). The molecule has 1 atom stereocenters. The summed E-state index contributed by atoms with van der Waals surface area (Å²) in [6, 6.07) is 7.95. The number of carboxylic acid groups (broad SMARTS) is 1. The van der Waals surface area contributed by atoms with Gasteiger partial charge in [0.15, 0.2) is 0 Å². The minimum absolute atomic E-state index is 0.0846. The van der Waals surface area contributed by atoms with Crippen molar-refractivity contribution in [3.63, 3.8) is 0 Å². The maximum atomic E-state index is 11.8. The lowest BCUT2D eigenvalue weighted by atomic mass is 10.0. The summed E-state index contributed by atoms with van der Waals surface area (Å²) in [7, 11) is 0. The van der Waals surface area contributed by atoms with Gasteiger partial charge in [-0.3, -0.25) is 14.4 Å². The van der Waals surface area contributed by atoms with Crippen molar-refractivity contribution in [3.8, 4) is 0 Å². The van der Waals surface area contributed by atoms with Crippen LogP contribution in [0.1, 0.15) is 37.3 Å². The normalized spacial score (nSPS) is 11.6. The molecular formula is C18H26N2O4. The van der Waals surface area contributed by atoms with E-state index >= 15 is 0 Å². The van der Waals surface area contributed by atoms with Gasteiger partial charge in [-0.1, -0.05) is 43.2 Å². The number of hydrogen-bond acceptors (Lipinski definition) is 3. The third kappa shape index (κ3) is 7.76. The van der Waals surface area contributed by atoms with Gasteiger partial charge in [-0.25, -0.2) is 0 Å². The van der Waals surface area contributed by atoms with E-state index in [1.165, 1.54) is 5.56 Å². The van der Waals surface area contributed by atoms with E-state index in [0.29, 0.717) is 19.3 Å². The van der Waals surface area contributed by atoms with Gasteiger partial charge in [0.25, 0.3) is 0 Å². The van der Waals surface area contributed by atoms with E-state index in [4.69, 9.17) is 5.11 Å². The molecular weight excluding hydrogens is 308 g/mol. The Morgan fingerprint density at radius 2 is 1.75 bits per heavy atom. The van der Waals surface area contributed by atoms with Crippen LogP contribution in [0.2, 0.25) is 0 Å². The zero-order valence-corrected chi connectivity index (χ0v) is 14.3. The first kappa shape index (κ1) is 19.7. The Bertz CT molecular complexity index is 555. The second-order valence-electron chi connectivity index (χ2n) is 5.89. The van der Waals surface area contributed by atoms with E-state index in [-0.39, 0.29) is 24.9 Å². The average Bonchev–Trinajstić information content (AvgIpc) is 2.55. The van der Waals surface area contributed by atoms with Crippen LogP contribution >= 0.6 is 0 Å². The minimum Gasteiger partial charge on any atom is -0.481 e. The monoisotopic (exact) mass is 334 g/mol. The number of benzene rings is 1. The molecule has 24 heavy (non-hydrogen) atoms. The van der Waals surface area contributed by atoms with E-state index in [1.54, 1.807) is 0 Å². The smallest absolute Gasteiger partial charge is 0.308 e. The van der Waals surface area contributed by atoms with Crippen molar-refractivity contribution in [2.24, 2.45) is 5.92 Å². The van der Waals surface area contributed by atoms with E-state index in [0.717, 1.165) is 12.0 Å². The summed E-state index contributed by atoms with van der Waals surface area (Å²) in [5, 5.41) is 14.1. The summed E-state index contributed by atoms with van der Waals surface area (Å²) in [6.07, 6.45) is 2.18. The number of amides is 2. The van der Waals surface area contributed by atoms with E-state index in [9.17, 15) is 14.4 Å². The van der Waals surface area contributed by atoms with Crippen LogP contribution < -0.4 is 10.6 Å². The fourth-order valence-corrected chi connectivity index (χ4v) is 2.24. The van der Waals surface area contributed by atoms with Crippen molar-refractivity contribution >= 4 is 17.8 Å². The topological polar surface area (TPSA) is 95.5 Å². The molecule has 0 aliphatic carbocycles. The molecule has 2 amide bonds. The Morgan fingerprint density at radius 1 is 1.08 bits per heavy atom. The molecule has 0 saturated heterocycles. The Hall–Kier alpha value is -2.37. The van der Waals surface area contributed by atoms with Crippen LogP contribution in [0.5, 0.6) is 0 Å². The summed E-state index contributed by atoms with van der Waals surface area (Å²) < 4.78 is 0. The predicted octanol–water partition coefficient (Wildman–Crippen LogP) is 1.66. The largest absolute Gasteiger partial charge is 0.481 e. The first-order chi connectivity index (χ1) is 11.4. The van der Waals surface area contributed by atoms with Crippen molar-refractivity contribution in [3.05, 3.63) is 35.4 Å². The Morgan fingerprint density at radius 3 is 2.33 bits per heavy atom. The molecule has 0 bridgehead atoms. The molecule has 0 saturated carbocycles. The maximum Gasteiger partial charge on any atom is 0.308 e. The molecule has 0 aliphatic heterocycles. The highest BCUT2D eigenvalue weighted by Gasteiger charge is 2.17. The van der Waals surface area contributed by atoms with Crippen LogP contribution in [0, 0.1) is 12.8 Å². The molecule has 0 aliphatic rings. The summed E-state index contributed by atoms with van der Waals surface area (Å²) in [5.74, 6) is -2.08. The van der Waals surface area contributed by atoms with E-state index in [2.05, 4.69) is 10.6 Å². The second-order valence-corrected chi connectivity index (χ2v) is 5.89. The Kier molecular flexibility index (Phi) is 8.54. The van der Waals surface area contributed by atoms with Crippen LogP contribution in [-0.2, 0) is 20.8 Å². The number of aryl methyl sites for hydroxylation is 2. The molecule has 0 spiro atoms. The predicted molar refractivity (Wildman–Crippen MR) is 91.6 cm³/mol. The summed E-state index contributed by atoms with van der Waals surface area (Å²) in [5.41, 5.74) is 2.24. The first-order valence-electron chi connectivity index (χ1n) is 8.24. The Labute approximate surface area is 142 Å². The van der Waals surface area contributed by atoms with Gasteiger partial charge in [0.1, 0.15) is 0 Å². The number of carbonyl (C=O) groups is 3. The molecule has 1 unspecified atom stereocenters. The molecule has 6 nitrogen and oxygen atoms in total. The number of rotatable bonds is 10. The van der Waals surface area contributed by atoms with Crippen molar-refractivity contribution in [1.82, 2.24) is 10.6 Å². The van der Waals surface area contributed by atoms with Gasteiger partial charge < -0.3 is 15.7 Å². The van der Waals surface area contributed by atoms with Crippen LogP contribution in [0.15, 0.2) is 24.3 Å². The lowest BCUT2D eigenvalue weighted by molar-refractivity contribution is -0.142. The molecule has 0 heterocycles. The number of carbonyl (C=O) groups excluding carboxylic acids is 2. The van der Waals surface area contributed by atoms with Crippen LogP contribution in [-0.4, -0.2) is 36.0 Å². The molecule has 0 radical (unpaired) electrons. The van der Waals surface area contributed by atoms with Gasteiger partial charge in [-0.2, -0.15) is 0 Å². The molecule has 6 heteroatoms. The molecule has 1 aromatic rings. The zero-order valence-electron chi connectivity index (χ0n) is 14.3. The number of aliphatic carboxylic acids is 1. The number of hydrogen-bond donors (Lipinski definition) is 3. The van der Waals surface area contributed by atoms with Crippen molar-refractivity contribution in [2.45, 2.75) is 39.5 Å². The molecule has 3 N–H and O–H groups in total. The molecule has 0 aromatic heterocycles. The van der Waals surface area contributed by atoms with E-state index in [1.807, 2.05) is 38.1 Å². The van der Waals surface area contributed by atoms with Gasteiger partial charge >= 0.3 is 5.97 Å². The van der Waals surface area contributed by atoms with Crippen molar-refractivity contribution in [1.29, 1.82) is 0 Å². The van der Waals surface area contributed by atoms with Gasteiger partial charge in [0.05, 0.1) is 12.5 Å². The lowest BCUT2D eigenvalue weighted by Gasteiger charge is -2.12. The molecule has 1 aromatic carbocycles. The van der Waals surface area contributed by atoms with Gasteiger partial charge in [-0.05, 0) is 25.3 Å². The van der Waals surface area contributed by atoms with Crippen LogP contribution in [0.3, 0.4) is 0 Å². The number of nitrogens with one attached hydrogen (secondary N) is 2. The SMILES string of the molecule is CCCC(CNC(=O)CNC(=O)CCc1ccc(C)cc1)C(=O)O. The highest BCUT2D eigenvalue weighted by molar-refractivity contribution is 5.85. The number of carboxylic acids is 1. The zero-order chi connectivity index (χ0) is 17.9. The lowest BCUT2D eigenvalue weighted by Crippen LogP contribution is -2.40. The van der Waals surface area contributed by atoms with Gasteiger partial charge in [-0.15, -0.1) is 0 Å². The summed E-state index contributed by atoms with van der Waals surface area (Å²) in [4.78, 5) is 34.4. The highest BCUT2D eigenvalue weighted by atomic mass is 16.4. The second kappa shape index (κ2) is 10.4. The van der Waals surface area contributed by atoms with Crippen molar-refractivity contribution in [2.75, 3.05) is 13.1 Å². The fourth-order valence-electron chi connectivity index (χ4n) is 2.24. The van der Waals surface area contributed by atoms with E-state index < -0.39 is 11.9 Å². The first-order valence-corrected chi connectivity index (χ1v) is 8.24. The highest BCUT2D eigenvalue weighted by Crippen LogP contribution is 2.06. The third-order valence-electron chi connectivity index (χ3n) is 3.74. The maximum absolute atomic E-state index is 11.8. The fraction of sp³-hybridized carbons (Fsp3) is 0.500. The van der Waals surface area contributed by atoms with Gasteiger partial charge in [0, 0.05) is 13.0 Å². The summed E-state index contributed by atoms with van der Waals surface area (Å²) in [6.45, 7) is 3.85. The Balaban J connectivity index is 2.24. The molecule has 132 valence electrons.